The molecule has 2 rings (SSSR count). The molecule has 0 aliphatic rings. The van der Waals surface area contributed by atoms with E-state index in [0.717, 1.165) is 10.1 Å². The molecule has 2 aromatic rings. The molecule has 0 radical (unpaired) electrons. The minimum atomic E-state index is -0.497. The van der Waals surface area contributed by atoms with Crippen molar-refractivity contribution >= 4 is 27.3 Å². The third kappa shape index (κ3) is 2.89. The number of carbonyl (C=O) groups is 1. The molecule has 1 atom stereocenters. The van der Waals surface area contributed by atoms with Gasteiger partial charge in [0.1, 0.15) is 0 Å². The van der Waals surface area contributed by atoms with E-state index in [0.29, 0.717) is 11.4 Å². The molecule has 1 aromatic heterocycles. The highest BCUT2D eigenvalue weighted by molar-refractivity contribution is 7.20. The van der Waals surface area contributed by atoms with Gasteiger partial charge in [0.2, 0.25) is 0 Å². The van der Waals surface area contributed by atoms with Crippen LogP contribution in [0.25, 0.3) is 10.1 Å². The van der Waals surface area contributed by atoms with Crippen LogP contribution in [0.3, 0.4) is 0 Å². The van der Waals surface area contributed by atoms with E-state index in [-0.39, 0.29) is 11.8 Å². The second kappa shape index (κ2) is 5.50. The Morgan fingerprint density at radius 1 is 1.39 bits per heavy atom. The lowest BCUT2D eigenvalue weighted by molar-refractivity contribution is 0.0875. The predicted octanol–water partition coefficient (Wildman–Crippen LogP) is 2.65. The van der Waals surface area contributed by atoms with Crippen LogP contribution in [0.15, 0.2) is 30.3 Å². The number of nitrogens with one attached hydrogen (secondary N) is 1. The average Bonchev–Trinajstić information content (AvgIpc) is 2.79. The third-order valence-electron chi connectivity index (χ3n) is 2.89. The molecule has 0 aliphatic heterocycles. The molecular weight excluding hydrogens is 246 g/mol. The molecule has 1 unspecified atom stereocenters. The molecule has 1 amide bonds. The second-order valence-electron chi connectivity index (χ2n) is 4.67. The summed E-state index contributed by atoms with van der Waals surface area (Å²) >= 11 is 1.47. The van der Waals surface area contributed by atoms with Crippen molar-refractivity contribution in [1.29, 1.82) is 0 Å². The molecule has 0 aliphatic carbocycles. The highest BCUT2D eigenvalue weighted by Crippen LogP contribution is 2.24. The zero-order chi connectivity index (χ0) is 13.1. The fourth-order valence-corrected chi connectivity index (χ4v) is 2.59. The second-order valence-corrected chi connectivity index (χ2v) is 5.75. The third-order valence-corrected chi connectivity index (χ3v) is 4.01. The van der Waals surface area contributed by atoms with Gasteiger partial charge in [-0.25, -0.2) is 0 Å². The lowest BCUT2D eigenvalue weighted by atomic mass is 10.1. The van der Waals surface area contributed by atoms with E-state index in [9.17, 15) is 9.90 Å². The van der Waals surface area contributed by atoms with Gasteiger partial charge in [-0.15, -0.1) is 11.3 Å². The minimum Gasteiger partial charge on any atom is -0.391 e. The molecular formula is C14H17NO2S. The first-order chi connectivity index (χ1) is 8.58. The van der Waals surface area contributed by atoms with Gasteiger partial charge in [0.25, 0.3) is 5.91 Å². The van der Waals surface area contributed by atoms with Crippen LogP contribution in [0, 0.1) is 5.92 Å². The molecule has 0 bridgehead atoms. The van der Waals surface area contributed by atoms with E-state index in [1.807, 2.05) is 44.2 Å². The largest absolute Gasteiger partial charge is 0.391 e. The summed E-state index contributed by atoms with van der Waals surface area (Å²) in [5, 5.41) is 13.5. The van der Waals surface area contributed by atoms with Gasteiger partial charge in [0, 0.05) is 11.2 Å². The Balaban J connectivity index is 2.05. The van der Waals surface area contributed by atoms with Gasteiger partial charge in [0.05, 0.1) is 11.0 Å². The summed E-state index contributed by atoms with van der Waals surface area (Å²) in [7, 11) is 0. The van der Waals surface area contributed by atoms with Gasteiger partial charge < -0.3 is 10.4 Å². The van der Waals surface area contributed by atoms with Crippen LogP contribution in [-0.4, -0.2) is 23.7 Å². The molecule has 0 saturated heterocycles. The predicted molar refractivity (Wildman–Crippen MR) is 75.0 cm³/mol. The number of hydrogen-bond acceptors (Lipinski definition) is 3. The summed E-state index contributed by atoms with van der Waals surface area (Å²) in [6.07, 6.45) is -0.497. The lowest BCUT2D eigenvalue weighted by Crippen LogP contribution is -2.34. The Kier molecular flexibility index (Phi) is 3.99. The van der Waals surface area contributed by atoms with Gasteiger partial charge in [-0.05, 0) is 23.4 Å². The molecule has 96 valence electrons. The van der Waals surface area contributed by atoms with Gasteiger partial charge in [-0.2, -0.15) is 0 Å². The van der Waals surface area contributed by atoms with Crippen molar-refractivity contribution < 1.29 is 9.90 Å². The molecule has 4 heteroatoms. The van der Waals surface area contributed by atoms with Crippen molar-refractivity contribution in [3.05, 3.63) is 35.2 Å². The zero-order valence-corrected chi connectivity index (χ0v) is 11.3. The monoisotopic (exact) mass is 263 g/mol. The number of amides is 1. The average molecular weight is 263 g/mol. The Labute approximate surface area is 110 Å². The Morgan fingerprint density at radius 2 is 2.11 bits per heavy atom. The Hall–Kier alpha value is -1.39. The first kappa shape index (κ1) is 13.1. The van der Waals surface area contributed by atoms with Gasteiger partial charge in [-0.1, -0.05) is 32.0 Å². The topological polar surface area (TPSA) is 49.3 Å². The summed E-state index contributed by atoms with van der Waals surface area (Å²) in [5.41, 5.74) is 0. The smallest absolute Gasteiger partial charge is 0.261 e. The van der Waals surface area contributed by atoms with Crippen molar-refractivity contribution in [3.63, 3.8) is 0 Å². The van der Waals surface area contributed by atoms with Crippen molar-refractivity contribution in [2.24, 2.45) is 5.92 Å². The summed E-state index contributed by atoms with van der Waals surface area (Å²) in [6.45, 7) is 4.15. The molecule has 0 saturated carbocycles. The zero-order valence-electron chi connectivity index (χ0n) is 10.5. The van der Waals surface area contributed by atoms with E-state index in [4.69, 9.17) is 0 Å². The van der Waals surface area contributed by atoms with E-state index < -0.39 is 6.10 Å². The van der Waals surface area contributed by atoms with Gasteiger partial charge in [0.15, 0.2) is 0 Å². The highest BCUT2D eigenvalue weighted by Gasteiger charge is 2.13. The van der Waals surface area contributed by atoms with Crippen LogP contribution < -0.4 is 5.32 Å². The maximum atomic E-state index is 11.9. The van der Waals surface area contributed by atoms with Gasteiger partial charge in [-0.3, -0.25) is 4.79 Å². The number of aliphatic hydroxyl groups excluding tert-OH is 1. The van der Waals surface area contributed by atoms with Crippen molar-refractivity contribution in [1.82, 2.24) is 5.32 Å². The first-order valence-electron chi connectivity index (χ1n) is 6.03. The molecule has 0 fully saturated rings. The number of benzene rings is 1. The van der Waals surface area contributed by atoms with Crippen LogP contribution in [-0.2, 0) is 0 Å². The number of thiophene rings is 1. The highest BCUT2D eigenvalue weighted by atomic mass is 32.1. The first-order valence-corrected chi connectivity index (χ1v) is 6.84. The summed E-state index contributed by atoms with van der Waals surface area (Å²) in [5.74, 6) is 0.0311. The summed E-state index contributed by atoms with van der Waals surface area (Å²) in [6, 6.07) is 9.80. The molecule has 1 heterocycles. The van der Waals surface area contributed by atoms with E-state index in [1.165, 1.54) is 11.3 Å². The SMILES string of the molecule is CC(C)C(O)CNC(=O)c1cc2ccccc2s1. The number of fused-ring (bicyclic) bond motifs is 1. The van der Waals surface area contributed by atoms with Crippen LogP contribution in [0.5, 0.6) is 0 Å². The lowest BCUT2D eigenvalue weighted by Gasteiger charge is -2.14. The van der Waals surface area contributed by atoms with E-state index >= 15 is 0 Å². The number of rotatable bonds is 4. The fraction of sp³-hybridized carbons (Fsp3) is 0.357. The quantitative estimate of drug-likeness (QED) is 0.891. The van der Waals surface area contributed by atoms with Gasteiger partial charge >= 0.3 is 0 Å². The minimum absolute atomic E-state index is 0.115. The van der Waals surface area contributed by atoms with Crippen LogP contribution in [0.4, 0.5) is 0 Å². The van der Waals surface area contributed by atoms with Crippen molar-refractivity contribution in [2.75, 3.05) is 6.54 Å². The van der Waals surface area contributed by atoms with Crippen molar-refractivity contribution in [2.45, 2.75) is 20.0 Å². The number of hydrogen-bond donors (Lipinski definition) is 2. The Bertz CT molecular complexity index is 514. The summed E-state index contributed by atoms with van der Waals surface area (Å²) < 4.78 is 1.10. The molecule has 1 aromatic carbocycles. The van der Waals surface area contributed by atoms with Crippen LogP contribution in [0.1, 0.15) is 23.5 Å². The molecule has 2 N–H and O–H groups in total. The number of aliphatic hydroxyl groups is 1. The maximum absolute atomic E-state index is 11.9. The normalized spacial score (nSPS) is 12.9. The van der Waals surface area contributed by atoms with Crippen LogP contribution >= 0.6 is 11.3 Å². The van der Waals surface area contributed by atoms with Crippen LogP contribution in [0.2, 0.25) is 0 Å². The molecule has 3 nitrogen and oxygen atoms in total. The number of carbonyl (C=O) groups excluding carboxylic acids is 1. The Morgan fingerprint density at radius 3 is 2.78 bits per heavy atom. The molecule has 18 heavy (non-hydrogen) atoms. The standard InChI is InChI=1S/C14H17NO2S/c1-9(2)11(16)8-15-14(17)13-7-10-5-3-4-6-12(10)18-13/h3-7,9,11,16H,8H2,1-2H3,(H,15,17). The fourth-order valence-electron chi connectivity index (χ4n) is 1.61. The molecule has 0 spiro atoms. The van der Waals surface area contributed by atoms with E-state index in [1.54, 1.807) is 0 Å². The van der Waals surface area contributed by atoms with Crippen molar-refractivity contribution in [3.8, 4) is 0 Å². The summed E-state index contributed by atoms with van der Waals surface area (Å²) in [4.78, 5) is 12.6. The maximum Gasteiger partial charge on any atom is 0.261 e. The van der Waals surface area contributed by atoms with E-state index in [2.05, 4.69) is 5.32 Å².